The molecule has 2 aliphatic rings. The topological polar surface area (TPSA) is 53.1 Å². The number of nitrogen functional groups attached to an aromatic ring is 1. The van der Waals surface area contributed by atoms with Crippen LogP contribution in [0.4, 0.5) is 5.82 Å². The highest BCUT2D eigenvalue weighted by Gasteiger charge is 2.29. The molecule has 1 aliphatic heterocycles. The SMILES string of the molecule is Nc1c2c(nn1C1CC1)CCOC2. The van der Waals surface area contributed by atoms with Gasteiger partial charge >= 0.3 is 0 Å². The van der Waals surface area contributed by atoms with Crippen LogP contribution in [-0.2, 0) is 17.8 Å². The van der Waals surface area contributed by atoms with Gasteiger partial charge in [-0.2, -0.15) is 5.10 Å². The Bertz CT molecular complexity index is 341. The van der Waals surface area contributed by atoms with Crippen molar-refractivity contribution in [2.45, 2.75) is 31.9 Å². The number of rotatable bonds is 1. The Morgan fingerprint density at radius 3 is 3.00 bits per heavy atom. The number of aromatic nitrogens is 2. The van der Waals surface area contributed by atoms with Gasteiger partial charge in [0.25, 0.3) is 0 Å². The van der Waals surface area contributed by atoms with E-state index in [1.807, 2.05) is 4.68 Å². The molecule has 70 valence electrons. The maximum atomic E-state index is 5.99. The van der Waals surface area contributed by atoms with Crippen LogP contribution in [0.3, 0.4) is 0 Å². The zero-order valence-electron chi connectivity index (χ0n) is 7.49. The largest absolute Gasteiger partial charge is 0.384 e. The first-order valence-corrected chi connectivity index (χ1v) is 4.80. The molecule has 0 amide bonds. The standard InChI is InChI=1S/C9H13N3O/c10-9-7-5-13-4-3-8(7)11-12(9)6-1-2-6/h6H,1-5,10H2. The summed E-state index contributed by atoms with van der Waals surface area (Å²) in [7, 11) is 0. The van der Waals surface area contributed by atoms with E-state index in [4.69, 9.17) is 10.5 Å². The summed E-state index contributed by atoms with van der Waals surface area (Å²) in [5, 5.41) is 4.52. The van der Waals surface area contributed by atoms with Crippen LogP contribution in [0.1, 0.15) is 30.1 Å². The van der Waals surface area contributed by atoms with E-state index in [1.165, 1.54) is 12.8 Å². The molecule has 4 heteroatoms. The maximum absolute atomic E-state index is 5.99. The summed E-state index contributed by atoms with van der Waals surface area (Å²) in [5.41, 5.74) is 8.26. The molecule has 1 aliphatic carbocycles. The molecule has 1 fully saturated rings. The molecule has 13 heavy (non-hydrogen) atoms. The number of ether oxygens (including phenoxy) is 1. The van der Waals surface area contributed by atoms with Crippen molar-refractivity contribution in [1.29, 1.82) is 0 Å². The Morgan fingerprint density at radius 1 is 1.46 bits per heavy atom. The highest BCUT2D eigenvalue weighted by atomic mass is 16.5. The summed E-state index contributed by atoms with van der Waals surface area (Å²) in [6.07, 6.45) is 3.37. The molecule has 3 rings (SSSR count). The van der Waals surface area contributed by atoms with Crippen LogP contribution >= 0.6 is 0 Å². The Balaban J connectivity index is 2.06. The van der Waals surface area contributed by atoms with Crippen molar-refractivity contribution >= 4 is 5.82 Å². The number of fused-ring (bicyclic) bond motifs is 1. The third-order valence-corrected chi connectivity index (χ3v) is 2.76. The molecule has 0 spiro atoms. The van der Waals surface area contributed by atoms with Gasteiger partial charge in [0.15, 0.2) is 0 Å². The van der Waals surface area contributed by atoms with Gasteiger partial charge in [0.2, 0.25) is 0 Å². The molecule has 2 N–H and O–H groups in total. The minimum Gasteiger partial charge on any atom is -0.384 e. The van der Waals surface area contributed by atoms with E-state index in [1.54, 1.807) is 0 Å². The quantitative estimate of drug-likeness (QED) is 0.696. The fourth-order valence-corrected chi connectivity index (χ4v) is 1.83. The molecule has 2 heterocycles. The summed E-state index contributed by atoms with van der Waals surface area (Å²) in [5.74, 6) is 0.831. The molecule has 1 saturated carbocycles. The van der Waals surface area contributed by atoms with E-state index >= 15 is 0 Å². The van der Waals surface area contributed by atoms with E-state index in [2.05, 4.69) is 5.10 Å². The molecule has 0 saturated heterocycles. The molecule has 0 bridgehead atoms. The van der Waals surface area contributed by atoms with E-state index in [0.717, 1.165) is 30.1 Å². The molecule has 1 aromatic heterocycles. The molecule has 0 radical (unpaired) electrons. The van der Waals surface area contributed by atoms with E-state index in [-0.39, 0.29) is 0 Å². The lowest BCUT2D eigenvalue weighted by atomic mass is 10.1. The van der Waals surface area contributed by atoms with Crippen molar-refractivity contribution in [3.63, 3.8) is 0 Å². The van der Waals surface area contributed by atoms with Gasteiger partial charge in [0.05, 0.1) is 24.9 Å². The monoisotopic (exact) mass is 179 g/mol. The maximum Gasteiger partial charge on any atom is 0.127 e. The predicted molar refractivity (Wildman–Crippen MR) is 48.3 cm³/mol. The first kappa shape index (κ1) is 7.38. The Morgan fingerprint density at radius 2 is 2.31 bits per heavy atom. The van der Waals surface area contributed by atoms with Gasteiger partial charge in [0.1, 0.15) is 5.82 Å². The van der Waals surface area contributed by atoms with Gasteiger partial charge in [-0.15, -0.1) is 0 Å². The van der Waals surface area contributed by atoms with Gasteiger partial charge in [-0.1, -0.05) is 0 Å². The van der Waals surface area contributed by atoms with Gasteiger partial charge in [-0.05, 0) is 12.8 Å². The van der Waals surface area contributed by atoms with E-state index < -0.39 is 0 Å². The number of nitrogens with two attached hydrogens (primary N) is 1. The van der Waals surface area contributed by atoms with Crippen LogP contribution in [0.15, 0.2) is 0 Å². The fraction of sp³-hybridized carbons (Fsp3) is 0.667. The minimum absolute atomic E-state index is 0.575. The van der Waals surface area contributed by atoms with Gasteiger partial charge in [-0.25, -0.2) is 4.68 Å². The van der Waals surface area contributed by atoms with Crippen molar-refractivity contribution in [3.05, 3.63) is 11.3 Å². The van der Waals surface area contributed by atoms with Crippen LogP contribution in [0.25, 0.3) is 0 Å². The second-order valence-electron chi connectivity index (χ2n) is 3.79. The van der Waals surface area contributed by atoms with Crippen molar-refractivity contribution in [2.24, 2.45) is 0 Å². The first-order chi connectivity index (χ1) is 6.36. The lowest BCUT2D eigenvalue weighted by Gasteiger charge is -2.10. The second-order valence-corrected chi connectivity index (χ2v) is 3.79. The van der Waals surface area contributed by atoms with Crippen LogP contribution in [0.2, 0.25) is 0 Å². The molecule has 1 aromatic rings. The lowest BCUT2D eigenvalue weighted by molar-refractivity contribution is 0.110. The van der Waals surface area contributed by atoms with Crippen molar-refractivity contribution in [2.75, 3.05) is 12.3 Å². The second kappa shape index (κ2) is 2.48. The number of hydrogen-bond acceptors (Lipinski definition) is 3. The highest BCUT2D eigenvalue weighted by Crippen LogP contribution is 2.38. The fourth-order valence-electron chi connectivity index (χ4n) is 1.83. The van der Waals surface area contributed by atoms with Crippen LogP contribution in [-0.4, -0.2) is 16.4 Å². The van der Waals surface area contributed by atoms with Crippen molar-refractivity contribution in [3.8, 4) is 0 Å². The van der Waals surface area contributed by atoms with Gasteiger partial charge < -0.3 is 10.5 Å². The minimum atomic E-state index is 0.575. The number of anilines is 1. The highest BCUT2D eigenvalue weighted by molar-refractivity contribution is 5.44. The summed E-state index contributed by atoms with van der Waals surface area (Å²) in [6.45, 7) is 1.43. The zero-order valence-corrected chi connectivity index (χ0v) is 7.49. The summed E-state index contributed by atoms with van der Waals surface area (Å²) in [4.78, 5) is 0. The van der Waals surface area contributed by atoms with Gasteiger partial charge in [0, 0.05) is 12.0 Å². The molecule has 0 atom stereocenters. The molecule has 4 nitrogen and oxygen atoms in total. The number of nitrogens with zero attached hydrogens (tertiary/aromatic N) is 2. The van der Waals surface area contributed by atoms with Crippen molar-refractivity contribution in [1.82, 2.24) is 9.78 Å². The average Bonchev–Trinajstić information content (AvgIpc) is 2.94. The lowest BCUT2D eigenvalue weighted by Crippen LogP contribution is -2.09. The smallest absolute Gasteiger partial charge is 0.127 e. The first-order valence-electron chi connectivity index (χ1n) is 4.80. The molecular formula is C9H13N3O. The Labute approximate surface area is 76.7 Å². The third kappa shape index (κ3) is 1.05. The van der Waals surface area contributed by atoms with Crippen LogP contribution in [0, 0.1) is 0 Å². The summed E-state index contributed by atoms with van der Waals surface area (Å²) >= 11 is 0. The Kier molecular flexibility index (Phi) is 1.41. The van der Waals surface area contributed by atoms with Crippen molar-refractivity contribution < 1.29 is 4.74 Å². The molecular weight excluding hydrogens is 166 g/mol. The summed E-state index contributed by atoms with van der Waals surface area (Å²) in [6, 6.07) is 0.575. The Hall–Kier alpha value is -1.03. The molecule has 0 unspecified atom stereocenters. The average molecular weight is 179 g/mol. The van der Waals surface area contributed by atoms with E-state index in [0.29, 0.717) is 12.6 Å². The normalized spacial score (nSPS) is 21.5. The van der Waals surface area contributed by atoms with Gasteiger partial charge in [-0.3, -0.25) is 0 Å². The summed E-state index contributed by atoms with van der Waals surface area (Å²) < 4.78 is 7.34. The third-order valence-electron chi connectivity index (χ3n) is 2.76. The predicted octanol–water partition coefficient (Wildman–Crippen LogP) is 0.873. The van der Waals surface area contributed by atoms with Crippen LogP contribution < -0.4 is 5.73 Å². The van der Waals surface area contributed by atoms with Crippen LogP contribution in [0.5, 0.6) is 0 Å². The molecule has 0 aromatic carbocycles. The van der Waals surface area contributed by atoms with E-state index in [9.17, 15) is 0 Å². The zero-order chi connectivity index (χ0) is 8.84. The number of hydrogen-bond donors (Lipinski definition) is 1.